The van der Waals surface area contributed by atoms with Crippen molar-refractivity contribution in [3.8, 4) is 0 Å². The Hall–Kier alpha value is -1.10. The van der Waals surface area contributed by atoms with E-state index in [1.54, 1.807) is 0 Å². The van der Waals surface area contributed by atoms with Gasteiger partial charge in [-0.05, 0) is 31.6 Å². The monoisotopic (exact) mass is 240 g/mol. The van der Waals surface area contributed by atoms with E-state index in [2.05, 4.69) is 10.6 Å². The minimum absolute atomic E-state index is 0.0798. The van der Waals surface area contributed by atoms with Crippen molar-refractivity contribution in [3.63, 3.8) is 0 Å². The van der Waals surface area contributed by atoms with Crippen molar-refractivity contribution in [1.29, 1.82) is 0 Å². The number of hydrogen-bond acceptors (Lipinski definition) is 3. The Bertz CT molecular complexity index is 296. The van der Waals surface area contributed by atoms with E-state index in [0.29, 0.717) is 6.04 Å². The van der Waals surface area contributed by atoms with Crippen LogP contribution >= 0.6 is 0 Å². The number of rotatable bonds is 6. The van der Waals surface area contributed by atoms with E-state index < -0.39 is 12.0 Å². The first-order chi connectivity index (χ1) is 8.16. The lowest BCUT2D eigenvalue weighted by Crippen LogP contribution is -2.46. The Balaban J connectivity index is 1.68. The molecule has 2 rings (SSSR count). The summed E-state index contributed by atoms with van der Waals surface area (Å²) in [5, 5.41) is 14.8. The van der Waals surface area contributed by atoms with Crippen molar-refractivity contribution in [1.82, 2.24) is 10.6 Å². The van der Waals surface area contributed by atoms with Crippen molar-refractivity contribution in [2.75, 3.05) is 6.54 Å². The lowest BCUT2D eigenvalue weighted by molar-refractivity contribution is -0.140. The molecule has 2 fully saturated rings. The van der Waals surface area contributed by atoms with Crippen molar-refractivity contribution in [2.45, 2.75) is 50.6 Å². The fraction of sp³-hybridized carbons (Fsp3) is 0.833. The Morgan fingerprint density at radius 2 is 1.82 bits per heavy atom. The summed E-state index contributed by atoms with van der Waals surface area (Å²) in [7, 11) is 0. The molecule has 17 heavy (non-hydrogen) atoms. The predicted molar refractivity (Wildman–Crippen MR) is 62.5 cm³/mol. The van der Waals surface area contributed by atoms with Gasteiger partial charge in [0.25, 0.3) is 0 Å². The molecule has 0 aromatic heterocycles. The van der Waals surface area contributed by atoms with Gasteiger partial charge in [-0.2, -0.15) is 0 Å². The van der Waals surface area contributed by atoms with Crippen LogP contribution in [-0.4, -0.2) is 35.6 Å². The number of carboxylic acid groups (broad SMARTS) is 1. The molecule has 1 atom stereocenters. The molecule has 2 aliphatic carbocycles. The van der Waals surface area contributed by atoms with Gasteiger partial charge in [0.05, 0.1) is 6.54 Å². The van der Waals surface area contributed by atoms with E-state index in [9.17, 15) is 9.59 Å². The first-order valence-electron chi connectivity index (χ1n) is 6.42. The Kier molecular flexibility index (Phi) is 3.99. The van der Waals surface area contributed by atoms with Crippen LogP contribution < -0.4 is 10.6 Å². The summed E-state index contributed by atoms with van der Waals surface area (Å²) in [5.74, 6) is -0.711. The van der Waals surface area contributed by atoms with Gasteiger partial charge in [0.1, 0.15) is 6.04 Å². The third kappa shape index (κ3) is 3.70. The van der Waals surface area contributed by atoms with Crippen LogP contribution in [0.4, 0.5) is 0 Å². The number of aliphatic carboxylic acids is 1. The highest BCUT2D eigenvalue weighted by molar-refractivity contribution is 5.80. The molecule has 3 N–H and O–H groups in total. The molecule has 0 aromatic carbocycles. The van der Waals surface area contributed by atoms with Gasteiger partial charge >= 0.3 is 5.97 Å². The molecule has 2 saturated carbocycles. The fourth-order valence-corrected chi connectivity index (χ4v) is 2.44. The number of carbonyl (C=O) groups excluding carboxylic acids is 1. The van der Waals surface area contributed by atoms with E-state index in [1.165, 1.54) is 12.8 Å². The highest BCUT2D eigenvalue weighted by Gasteiger charge is 2.36. The second-order valence-electron chi connectivity index (χ2n) is 5.08. The molecule has 0 heterocycles. The third-order valence-electron chi connectivity index (χ3n) is 3.56. The summed E-state index contributed by atoms with van der Waals surface area (Å²) in [6, 6.07) is -0.252. The first-order valence-corrected chi connectivity index (χ1v) is 6.42. The average molecular weight is 240 g/mol. The Labute approximate surface area is 101 Å². The minimum atomic E-state index is -0.846. The van der Waals surface area contributed by atoms with Gasteiger partial charge in [0.2, 0.25) is 5.91 Å². The first kappa shape index (κ1) is 12.4. The zero-order valence-corrected chi connectivity index (χ0v) is 9.95. The highest BCUT2D eigenvalue weighted by atomic mass is 16.4. The maximum Gasteiger partial charge on any atom is 0.320 e. The van der Waals surface area contributed by atoms with E-state index >= 15 is 0 Å². The zero-order valence-electron chi connectivity index (χ0n) is 9.95. The van der Waals surface area contributed by atoms with Gasteiger partial charge in [-0.25, -0.2) is 0 Å². The maximum atomic E-state index is 11.6. The lowest BCUT2D eigenvalue weighted by Gasteiger charge is -2.15. The number of hydrogen-bond donors (Lipinski definition) is 3. The summed E-state index contributed by atoms with van der Waals surface area (Å²) in [6.07, 6.45) is 6.37. The molecule has 1 unspecified atom stereocenters. The van der Waals surface area contributed by atoms with Crippen LogP contribution in [-0.2, 0) is 9.59 Å². The van der Waals surface area contributed by atoms with Gasteiger partial charge in [-0.15, -0.1) is 0 Å². The van der Waals surface area contributed by atoms with Crippen LogP contribution in [0.1, 0.15) is 38.5 Å². The molecule has 0 saturated heterocycles. The van der Waals surface area contributed by atoms with Crippen molar-refractivity contribution in [2.24, 2.45) is 5.92 Å². The fourth-order valence-electron chi connectivity index (χ4n) is 2.44. The maximum absolute atomic E-state index is 11.6. The Morgan fingerprint density at radius 1 is 1.18 bits per heavy atom. The molecule has 96 valence electrons. The molecule has 0 aliphatic heterocycles. The van der Waals surface area contributed by atoms with Gasteiger partial charge in [-0.3, -0.25) is 14.9 Å². The van der Waals surface area contributed by atoms with Crippen molar-refractivity contribution < 1.29 is 14.7 Å². The molecular formula is C12H20N2O3. The normalized spacial score (nSPS) is 22.4. The van der Waals surface area contributed by atoms with Crippen molar-refractivity contribution in [3.05, 3.63) is 0 Å². The molecule has 5 heteroatoms. The van der Waals surface area contributed by atoms with Crippen LogP contribution in [0, 0.1) is 5.92 Å². The Morgan fingerprint density at radius 3 is 2.35 bits per heavy atom. The van der Waals surface area contributed by atoms with E-state index in [4.69, 9.17) is 5.11 Å². The van der Waals surface area contributed by atoms with E-state index in [0.717, 1.165) is 25.7 Å². The largest absolute Gasteiger partial charge is 0.480 e. The quantitative estimate of drug-likeness (QED) is 0.631. The van der Waals surface area contributed by atoms with Gasteiger partial charge in [0.15, 0.2) is 0 Å². The number of amides is 1. The second-order valence-corrected chi connectivity index (χ2v) is 5.08. The van der Waals surface area contributed by atoms with Gasteiger partial charge in [-0.1, -0.05) is 12.8 Å². The van der Waals surface area contributed by atoms with Gasteiger partial charge in [0, 0.05) is 6.04 Å². The molecule has 0 aromatic rings. The van der Waals surface area contributed by atoms with Crippen LogP contribution in [0.3, 0.4) is 0 Å². The molecular weight excluding hydrogens is 220 g/mol. The smallest absolute Gasteiger partial charge is 0.320 e. The van der Waals surface area contributed by atoms with E-state index in [1.807, 2.05) is 0 Å². The number of carboxylic acids is 1. The number of carbonyl (C=O) groups is 2. The zero-order chi connectivity index (χ0) is 12.3. The highest BCUT2D eigenvalue weighted by Crippen LogP contribution is 2.32. The molecule has 0 bridgehead atoms. The summed E-state index contributed by atoms with van der Waals surface area (Å²) in [5.41, 5.74) is 0. The third-order valence-corrected chi connectivity index (χ3v) is 3.56. The van der Waals surface area contributed by atoms with Crippen LogP contribution in [0.5, 0.6) is 0 Å². The van der Waals surface area contributed by atoms with Gasteiger partial charge < -0.3 is 10.4 Å². The average Bonchev–Trinajstić information content (AvgIpc) is 2.96. The second kappa shape index (κ2) is 5.49. The number of nitrogens with one attached hydrogen (secondary N) is 2. The van der Waals surface area contributed by atoms with Crippen LogP contribution in [0.15, 0.2) is 0 Å². The van der Waals surface area contributed by atoms with Crippen LogP contribution in [0.25, 0.3) is 0 Å². The molecule has 1 amide bonds. The molecule has 2 aliphatic rings. The standard InChI is InChI=1S/C12H20N2O3/c15-10(14-9-3-1-2-4-9)7-13-11(12(16)17)8-5-6-8/h8-9,11,13H,1-7H2,(H,14,15)(H,16,17). The SMILES string of the molecule is O=C(CNC(C(=O)O)C1CC1)NC1CCCC1. The molecule has 0 spiro atoms. The summed E-state index contributed by atoms with van der Waals surface area (Å²) in [4.78, 5) is 22.5. The summed E-state index contributed by atoms with van der Waals surface area (Å²) in [6.45, 7) is 0.115. The van der Waals surface area contributed by atoms with E-state index in [-0.39, 0.29) is 18.4 Å². The summed E-state index contributed by atoms with van der Waals surface area (Å²) >= 11 is 0. The van der Waals surface area contributed by atoms with Crippen LogP contribution in [0.2, 0.25) is 0 Å². The predicted octanol–water partition coefficient (Wildman–Crippen LogP) is 0.498. The summed E-state index contributed by atoms with van der Waals surface area (Å²) < 4.78 is 0. The topological polar surface area (TPSA) is 78.4 Å². The molecule has 0 radical (unpaired) electrons. The van der Waals surface area contributed by atoms with Crippen molar-refractivity contribution >= 4 is 11.9 Å². The minimum Gasteiger partial charge on any atom is -0.480 e. The molecule has 5 nitrogen and oxygen atoms in total. The lowest BCUT2D eigenvalue weighted by atomic mass is 10.2.